The summed E-state index contributed by atoms with van der Waals surface area (Å²) < 4.78 is 36.2. The van der Waals surface area contributed by atoms with Crippen molar-refractivity contribution in [2.75, 3.05) is 0 Å². The number of rotatable bonds is 4. The zero-order valence-corrected chi connectivity index (χ0v) is 8.35. The molecule has 15 heavy (non-hydrogen) atoms. The van der Waals surface area contributed by atoms with Crippen molar-refractivity contribution in [1.29, 1.82) is 0 Å². The van der Waals surface area contributed by atoms with E-state index in [2.05, 4.69) is 6.58 Å². The molecule has 0 N–H and O–H groups in total. The lowest BCUT2D eigenvalue weighted by atomic mass is 10.1. The highest BCUT2D eigenvalue weighted by molar-refractivity contribution is 5.15. The number of benzene rings is 1. The van der Waals surface area contributed by atoms with Gasteiger partial charge in [-0.15, -0.1) is 0 Å². The average Bonchev–Trinajstić information content (AvgIpc) is 2.18. The van der Waals surface area contributed by atoms with Gasteiger partial charge in [-0.05, 0) is 24.8 Å². The van der Waals surface area contributed by atoms with E-state index >= 15 is 0 Å². The summed E-state index contributed by atoms with van der Waals surface area (Å²) in [6, 6.07) is 9.48. The normalized spacial score (nSPS) is 11.4. The summed E-state index contributed by atoms with van der Waals surface area (Å²) in [5.74, 6) is 0. The van der Waals surface area contributed by atoms with Gasteiger partial charge in [0.1, 0.15) is 0 Å². The highest BCUT2D eigenvalue weighted by Gasteiger charge is 2.30. The zero-order valence-electron chi connectivity index (χ0n) is 8.35. The van der Waals surface area contributed by atoms with Crippen LogP contribution in [-0.4, -0.2) is 6.18 Å². The van der Waals surface area contributed by atoms with Crippen LogP contribution in [0.15, 0.2) is 42.5 Å². The van der Waals surface area contributed by atoms with Gasteiger partial charge in [0.05, 0.1) is 0 Å². The Bertz CT molecular complexity index is 311. The zero-order chi connectivity index (χ0) is 11.3. The smallest absolute Gasteiger partial charge is 0.167 e. The summed E-state index contributed by atoms with van der Waals surface area (Å²) >= 11 is 0. The molecular weight excluding hydrogens is 201 g/mol. The fraction of sp³-hybridized carbons (Fsp3) is 0.333. The molecule has 0 saturated carbocycles. The number of hydrogen-bond acceptors (Lipinski definition) is 0. The van der Waals surface area contributed by atoms with E-state index in [1.165, 1.54) is 0 Å². The number of halogens is 3. The summed E-state index contributed by atoms with van der Waals surface area (Å²) in [5.41, 5.74) is 0.422. The van der Waals surface area contributed by atoms with Crippen molar-refractivity contribution in [3.63, 3.8) is 0 Å². The van der Waals surface area contributed by atoms with Crippen molar-refractivity contribution >= 4 is 0 Å². The van der Waals surface area contributed by atoms with E-state index in [1.54, 1.807) is 0 Å². The Hall–Kier alpha value is -1.25. The minimum absolute atomic E-state index is 0.0123. The highest BCUT2D eigenvalue weighted by Crippen LogP contribution is 2.27. The Balaban J connectivity index is 2.32. The molecule has 1 aromatic rings. The van der Waals surface area contributed by atoms with Gasteiger partial charge in [-0.3, -0.25) is 0 Å². The Kier molecular flexibility index (Phi) is 3.95. The third-order valence-corrected chi connectivity index (χ3v) is 2.19. The van der Waals surface area contributed by atoms with E-state index in [9.17, 15) is 13.2 Å². The summed E-state index contributed by atoms with van der Waals surface area (Å²) in [4.78, 5) is 0. The molecule has 0 fully saturated rings. The van der Waals surface area contributed by atoms with Gasteiger partial charge in [-0.2, -0.15) is 13.2 Å². The van der Waals surface area contributed by atoms with Crippen LogP contribution >= 0.6 is 0 Å². The van der Waals surface area contributed by atoms with Crippen LogP contribution in [0.2, 0.25) is 0 Å². The minimum atomic E-state index is -4.24. The van der Waals surface area contributed by atoms with Crippen LogP contribution in [0.1, 0.15) is 18.4 Å². The molecule has 0 aromatic heterocycles. The summed E-state index contributed by atoms with van der Waals surface area (Å²) in [7, 11) is 0. The molecule has 1 rings (SSSR count). The first-order valence-electron chi connectivity index (χ1n) is 4.79. The molecule has 0 atom stereocenters. The predicted octanol–water partition coefficient (Wildman–Crippen LogP) is 4.13. The number of hydrogen-bond donors (Lipinski definition) is 0. The lowest BCUT2D eigenvalue weighted by Gasteiger charge is -2.09. The van der Waals surface area contributed by atoms with Crippen LogP contribution in [0.4, 0.5) is 13.2 Å². The van der Waals surface area contributed by atoms with Gasteiger partial charge in [0, 0.05) is 5.57 Å². The quantitative estimate of drug-likeness (QED) is 0.661. The summed E-state index contributed by atoms with van der Waals surface area (Å²) in [6.45, 7) is 3.03. The van der Waals surface area contributed by atoms with Gasteiger partial charge in [-0.1, -0.05) is 36.9 Å². The van der Waals surface area contributed by atoms with Crippen LogP contribution < -0.4 is 0 Å². The van der Waals surface area contributed by atoms with Gasteiger partial charge < -0.3 is 0 Å². The van der Waals surface area contributed by atoms with Crippen molar-refractivity contribution in [3.05, 3.63) is 48.0 Å². The SMILES string of the molecule is C=C(CCCc1ccccc1)C(F)(F)F. The first-order chi connectivity index (χ1) is 7.00. The van der Waals surface area contributed by atoms with Gasteiger partial charge >= 0.3 is 6.18 Å². The van der Waals surface area contributed by atoms with Crippen LogP contribution in [0.5, 0.6) is 0 Å². The molecule has 0 amide bonds. The Morgan fingerprint density at radius 1 is 1.13 bits per heavy atom. The number of alkyl halides is 3. The summed E-state index contributed by atoms with van der Waals surface area (Å²) in [6.07, 6.45) is -3.08. The van der Waals surface area contributed by atoms with Crippen molar-refractivity contribution in [2.24, 2.45) is 0 Å². The molecule has 0 saturated heterocycles. The molecule has 1 aromatic carbocycles. The Morgan fingerprint density at radius 2 is 1.73 bits per heavy atom. The van der Waals surface area contributed by atoms with Gasteiger partial charge in [-0.25, -0.2) is 0 Å². The molecule has 0 aliphatic carbocycles. The first-order valence-corrected chi connectivity index (χ1v) is 4.79. The van der Waals surface area contributed by atoms with E-state index in [-0.39, 0.29) is 6.42 Å². The second-order valence-electron chi connectivity index (χ2n) is 3.44. The number of aryl methyl sites for hydroxylation is 1. The van der Waals surface area contributed by atoms with Crippen molar-refractivity contribution in [1.82, 2.24) is 0 Å². The highest BCUT2D eigenvalue weighted by atomic mass is 19.4. The molecule has 0 unspecified atom stereocenters. The van der Waals surface area contributed by atoms with Gasteiger partial charge in [0.2, 0.25) is 0 Å². The molecule has 0 nitrogen and oxygen atoms in total. The van der Waals surface area contributed by atoms with Crippen molar-refractivity contribution < 1.29 is 13.2 Å². The molecule has 0 radical (unpaired) electrons. The molecule has 0 bridgehead atoms. The molecule has 82 valence electrons. The van der Waals surface area contributed by atoms with E-state index in [4.69, 9.17) is 0 Å². The van der Waals surface area contributed by atoms with Crippen LogP contribution in [-0.2, 0) is 6.42 Å². The minimum Gasteiger partial charge on any atom is -0.167 e. The largest absolute Gasteiger partial charge is 0.412 e. The van der Waals surface area contributed by atoms with Gasteiger partial charge in [0.15, 0.2) is 0 Å². The molecule has 0 heterocycles. The van der Waals surface area contributed by atoms with E-state index in [0.29, 0.717) is 12.8 Å². The maximum atomic E-state index is 12.1. The third kappa shape index (κ3) is 4.19. The van der Waals surface area contributed by atoms with Crippen molar-refractivity contribution in [3.8, 4) is 0 Å². The standard InChI is InChI=1S/C12H13F3/c1-10(12(13,14)15)6-5-9-11-7-3-2-4-8-11/h2-4,7-8H,1,5-6,9H2. The predicted molar refractivity (Wildman–Crippen MR) is 54.6 cm³/mol. The maximum Gasteiger partial charge on any atom is 0.412 e. The summed E-state index contributed by atoms with van der Waals surface area (Å²) in [5, 5.41) is 0. The van der Waals surface area contributed by atoms with Crippen molar-refractivity contribution in [2.45, 2.75) is 25.4 Å². The number of allylic oxidation sites excluding steroid dienone is 1. The first kappa shape index (κ1) is 11.8. The molecular formula is C12H13F3. The molecule has 0 spiro atoms. The van der Waals surface area contributed by atoms with Crippen LogP contribution in [0.3, 0.4) is 0 Å². The molecule has 3 heteroatoms. The monoisotopic (exact) mass is 214 g/mol. The second-order valence-corrected chi connectivity index (χ2v) is 3.44. The Labute approximate surface area is 87.4 Å². The fourth-order valence-electron chi connectivity index (χ4n) is 1.29. The molecule has 0 aliphatic rings. The second kappa shape index (κ2) is 5.01. The topological polar surface area (TPSA) is 0 Å². The fourth-order valence-corrected chi connectivity index (χ4v) is 1.29. The van der Waals surface area contributed by atoms with Gasteiger partial charge in [0.25, 0.3) is 0 Å². The van der Waals surface area contributed by atoms with E-state index in [1.807, 2.05) is 30.3 Å². The lowest BCUT2D eigenvalue weighted by Crippen LogP contribution is -2.10. The van der Waals surface area contributed by atoms with E-state index < -0.39 is 11.7 Å². The molecule has 0 aliphatic heterocycles. The Morgan fingerprint density at radius 3 is 2.27 bits per heavy atom. The average molecular weight is 214 g/mol. The van der Waals surface area contributed by atoms with Crippen LogP contribution in [0, 0.1) is 0 Å². The van der Waals surface area contributed by atoms with E-state index in [0.717, 1.165) is 5.56 Å². The lowest BCUT2D eigenvalue weighted by molar-refractivity contribution is -0.0937. The maximum absolute atomic E-state index is 12.1. The van der Waals surface area contributed by atoms with Crippen LogP contribution in [0.25, 0.3) is 0 Å². The third-order valence-electron chi connectivity index (χ3n) is 2.19.